The number of hydrogen-bond donors (Lipinski definition) is 1. The van der Waals surface area contributed by atoms with E-state index in [0.717, 1.165) is 5.56 Å². The molecule has 1 aromatic rings. The lowest BCUT2D eigenvalue weighted by Crippen LogP contribution is -2.05. The van der Waals surface area contributed by atoms with Gasteiger partial charge in [-0.05, 0) is 19.8 Å². The van der Waals surface area contributed by atoms with Gasteiger partial charge in [0.1, 0.15) is 5.82 Å². The Morgan fingerprint density at radius 3 is 2.67 bits per heavy atom. The van der Waals surface area contributed by atoms with E-state index in [4.69, 9.17) is 5.73 Å². The summed E-state index contributed by atoms with van der Waals surface area (Å²) in [4.78, 5) is 0. The van der Waals surface area contributed by atoms with Crippen LogP contribution in [0, 0.1) is 6.92 Å². The highest BCUT2D eigenvalue weighted by Crippen LogP contribution is 2.29. The van der Waals surface area contributed by atoms with Crippen LogP contribution in [0.1, 0.15) is 37.3 Å². The van der Waals surface area contributed by atoms with Crippen molar-refractivity contribution in [3.63, 3.8) is 0 Å². The summed E-state index contributed by atoms with van der Waals surface area (Å²) in [5, 5.41) is 4.29. The molecule has 12 heavy (non-hydrogen) atoms. The zero-order valence-electron chi connectivity index (χ0n) is 7.45. The molecule has 1 saturated carbocycles. The molecule has 2 N–H and O–H groups in total. The predicted octanol–water partition coefficient (Wildman–Crippen LogP) is 1.89. The average molecular weight is 165 g/mol. The van der Waals surface area contributed by atoms with E-state index in [-0.39, 0.29) is 0 Å². The fourth-order valence-corrected chi connectivity index (χ4v) is 1.85. The SMILES string of the molecule is Cc1cn(C2CCCC2)nc1N. The minimum atomic E-state index is 0.612. The Bertz CT molecular complexity index is 252. The van der Waals surface area contributed by atoms with Gasteiger partial charge < -0.3 is 5.73 Å². The molecule has 0 amide bonds. The Hall–Kier alpha value is -0.990. The first kappa shape index (κ1) is 7.65. The third-order valence-electron chi connectivity index (χ3n) is 2.65. The van der Waals surface area contributed by atoms with E-state index in [1.54, 1.807) is 0 Å². The van der Waals surface area contributed by atoms with Crippen molar-refractivity contribution in [3.05, 3.63) is 11.8 Å². The van der Waals surface area contributed by atoms with Crippen molar-refractivity contribution < 1.29 is 0 Å². The quantitative estimate of drug-likeness (QED) is 0.690. The monoisotopic (exact) mass is 165 g/mol. The van der Waals surface area contributed by atoms with Crippen molar-refractivity contribution in [2.45, 2.75) is 38.6 Å². The largest absolute Gasteiger partial charge is 0.382 e. The topological polar surface area (TPSA) is 43.8 Å². The van der Waals surface area contributed by atoms with Crippen LogP contribution in [0.15, 0.2) is 6.20 Å². The summed E-state index contributed by atoms with van der Waals surface area (Å²) in [7, 11) is 0. The molecule has 1 aromatic heterocycles. The molecule has 1 heterocycles. The molecule has 0 bridgehead atoms. The van der Waals surface area contributed by atoms with Crippen LogP contribution in [-0.2, 0) is 0 Å². The van der Waals surface area contributed by atoms with Crippen molar-refractivity contribution >= 4 is 5.82 Å². The Morgan fingerprint density at radius 1 is 1.50 bits per heavy atom. The minimum Gasteiger partial charge on any atom is -0.382 e. The smallest absolute Gasteiger partial charge is 0.148 e. The number of nitrogen functional groups attached to an aromatic ring is 1. The van der Waals surface area contributed by atoms with Gasteiger partial charge in [0.2, 0.25) is 0 Å². The molecule has 1 aliphatic carbocycles. The number of hydrogen-bond acceptors (Lipinski definition) is 2. The van der Waals surface area contributed by atoms with Gasteiger partial charge in [-0.25, -0.2) is 0 Å². The molecule has 0 atom stereocenters. The van der Waals surface area contributed by atoms with Crippen molar-refractivity contribution in [2.75, 3.05) is 5.73 Å². The second-order valence-electron chi connectivity index (χ2n) is 3.62. The molecular weight excluding hydrogens is 150 g/mol. The number of rotatable bonds is 1. The molecule has 0 spiro atoms. The summed E-state index contributed by atoms with van der Waals surface area (Å²) in [6.45, 7) is 2.01. The van der Waals surface area contributed by atoms with Crippen LogP contribution >= 0.6 is 0 Å². The zero-order valence-corrected chi connectivity index (χ0v) is 7.45. The lowest BCUT2D eigenvalue weighted by Gasteiger charge is -2.08. The molecule has 1 fully saturated rings. The molecular formula is C9H15N3. The molecule has 1 aliphatic rings. The molecule has 0 radical (unpaired) electrons. The van der Waals surface area contributed by atoms with Gasteiger partial charge in [-0.15, -0.1) is 0 Å². The molecule has 0 saturated heterocycles. The molecule has 0 unspecified atom stereocenters. The standard InChI is InChI=1S/C9H15N3/c1-7-6-12(11-9(7)10)8-4-2-3-5-8/h6,8H,2-5H2,1H3,(H2,10,11). The van der Waals surface area contributed by atoms with Crippen LogP contribution in [-0.4, -0.2) is 9.78 Å². The highest BCUT2D eigenvalue weighted by Gasteiger charge is 2.17. The molecule has 3 heteroatoms. The van der Waals surface area contributed by atoms with Crippen LogP contribution in [0.5, 0.6) is 0 Å². The fraction of sp³-hybridized carbons (Fsp3) is 0.667. The summed E-state index contributed by atoms with van der Waals surface area (Å²) in [6.07, 6.45) is 7.26. The molecule has 3 nitrogen and oxygen atoms in total. The summed E-state index contributed by atoms with van der Waals surface area (Å²) in [5.74, 6) is 0.682. The Labute approximate surface area is 72.6 Å². The van der Waals surface area contributed by atoms with Crippen LogP contribution in [0.2, 0.25) is 0 Å². The van der Waals surface area contributed by atoms with E-state index < -0.39 is 0 Å². The highest BCUT2D eigenvalue weighted by molar-refractivity contribution is 5.35. The van der Waals surface area contributed by atoms with E-state index in [2.05, 4.69) is 11.3 Å². The maximum atomic E-state index is 5.68. The van der Waals surface area contributed by atoms with Crippen molar-refractivity contribution in [3.8, 4) is 0 Å². The first-order valence-corrected chi connectivity index (χ1v) is 4.58. The summed E-state index contributed by atoms with van der Waals surface area (Å²) >= 11 is 0. The van der Waals surface area contributed by atoms with Crippen LogP contribution in [0.25, 0.3) is 0 Å². The fourth-order valence-electron chi connectivity index (χ4n) is 1.85. The van der Waals surface area contributed by atoms with Crippen molar-refractivity contribution in [1.29, 1.82) is 0 Å². The van der Waals surface area contributed by atoms with E-state index in [0.29, 0.717) is 11.9 Å². The van der Waals surface area contributed by atoms with Crippen LogP contribution < -0.4 is 5.73 Å². The third-order valence-corrected chi connectivity index (χ3v) is 2.65. The van der Waals surface area contributed by atoms with Crippen molar-refractivity contribution in [2.24, 2.45) is 0 Å². The Balaban J connectivity index is 2.21. The van der Waals surface area contributed by atoms with Gasteiger partial charge in [0, 0.05) is 11.8 Å². The second-order valence-corrected chi connectivity index (χ2v) is 3.62. The van der Waals surface area contributed by atoms with E-state index in [1.807, 2.05) is 11.6 Å². The number of aryl methyl sites for hydroxylation is 1. The number of nitrogens with two attached hydrogens (primary N) is 1. The second kappa shape index (κ2) is 2.81. The Morgan fingerprint density at radius 2 is 2.17 bits per heavy atom. The number of aromatic nitrogens is 2. The average Bonchev–Trinajstić information content (AvgIpc) is 2.61. The first-order chi connectivity index (χ1) is 5.77. The van der Waals surface area contributed by atoms with E-state index >= 15 is 0 Å². The molecule has 66 valence electrons. The molecule has 0 aromatic carbocycles. The van der Waals surface area contributed by atoms with Crippen LogP contribution in [0.4, 0.5) is 5.82 Å². The lowest BCUT2D eigenvalue weighted by molar-refractivity contribution is 0.468. The number of nitrogens with zero attached hydrogens (tertiary/aromatic N) is 2. The Kier molecular flexibility index (Phi) is 1.79. The third kappa shape index (κ3) is 1.19. The van der Waals surface area contributed by atoms with Gasteiger partial charge in [0.25, 0.3) is 0 Å². The van der Waals surface area contributed by atoms with Gasteiger partial charge >= 0.3 is 0 Å². The predicted molar refractivity (Wildman–Crippen MR) is 48.9 cm³/mol. The van der Waals surface area contributed by atoms with E-state index in [1.165, 1.54) is 25.7 Å². The van der Waals surface area contributed by atoms with Gasteiger partial charge in [-0.1, -0.05) is 12.8 Å². The lowest BCUT2D eigenvalue weighted by atomic mass is 10.2. The maximum absolute atomic E-state index is 5.68. The normalized spacial score (nSPS) is 18.8. The first-order valence-electron chi connectivity index (χ1n) is 4.58. The summed E-state index contributed by atoms with van der Waals surface area (Å²) in [6, 6.07) is 0.612. The minimum absolute atomic E-state index is 0.612. The van der Waals surface area contributed by atoms with Gasteiger partial charge in [0.05, 0.1) is 6.04 Å². The highest BCUT2D eigenvalue weighted by atomic mass is 15.3. The number of anilines is 1. The maximum Gasteiger partial charge on any atom is 0.148 e. The summed E-state index contributed by atoms with van der Waals surface area (Å²) < 4.78 is 2.04. The van der Waals surface area contributed by atoms with Gasteiger partial charge in [-0.3, -0.25) is 4.68 Å². The van der Waals surface area contributed by atoms with E-state index in [9.17, 15) is 0 Å². The van der Waals surface area contributed by atoms with Gasteiger partial charge in [0.15, 0.2) is 0 Å². The summed E-state index contributed by atoms with van der Waals surface area (Å²) in [5.41, 5.74) is 6.78. The molecule has 0 aliphatic heterocycles. The molecule has 2 rings (SSSR count). The van der Waals surface area contributed by atoms with Gasteiger partial charge in [-0.2, -0.15) is 5.10 Å². The zero-order chi connectivity index (χ0) is 8.55. The van der Waals surface area contributed by atoms with Crippen molar-refractivity contribution in [1.82, 2.24) is 9.78 Å². The van der Waals surface area contributed by atoms with Crippen LogP contribution in [0.3, 0.4) is 0 Å².